The maximum Gasteiger partial charge on any atom is 0.297 e. The van der Waals surface area contributed by atoms with Crippen molar-refractivity contribution in [1.82, 2.24) is 9.97 Å². The third-order valence-electron chi connectivity index (χ3n) is 5.78. The van der Waals surface area contributed by atoms with Crippen molar-refractivity contribution < 1.29 is 31.6 Å². The van der Waals surface area contributed by atoms with Crippen LogP contribution in [0.25, 0.3) is 23.3 Å². The SMILES string of the molecule is Cc1ccc(S(=O)(=O)OCC(CO)Oc2ccc3nc(/C=C/c4cnc(N5CCOCC5)s4)oc3c2)cc1. The Morgan fingerprint density at radius 2 is 1.95 bits per heavy atom. The van der Waals surface area contributed by atoms with Crippen molar-refractivity contribution in [2.45, 2.75) is 17.9 Å². The minimum atomic E-state index is -3.98. The summed E-state index contributed by atoms with van der Waals surface area (Å²) in [6.45, 7) is 4.15. The lowest BCUT2D eigenvalue weighted by molar-refractivity contribution is 0.0741. The number of benzene rings is 2. The first-order valence-electron chi connectivity index (χ1n) is 12.0. The molecule has 0 aliphatic carbocycles. The number of aliphatic hydroxyl groups is 1. The molecule has 1 fully saturated rings. The van der Waals surface area contributed by atoms with Gasteiger partial charge in [-0.25, -0.2) is 9.97 Å². The average Bonchev–Trinajstić information content (AvgIpc) is 3.57. The monoisotopic (exact) mass is 557 g/mol. The number of aliphatic hydroxyl groups excluding tert-OH is 1. The number of ether oxygens (including phenoxy) is 2. The van der Waals surface area contributed by atoms with Gasteiger partial charge in [0.2, 0.25) is 5.89 Å². The van der Waals surface area contributed by atoms with Gasteiger partial charge in [0.1, 0.15) is 24.0 Å². The molecule has 200 valence electrons. The fourth-order valence-corrected chi connectivity index (χ4v) is 5.54. The number of hydrogen-bond donors (Lipinski definition) is 1. The molecule has 1 saturated heterocycles. The van der Waals surface area contributed by atoms with Crippen LogP contribution in [0.2, 0.25) is 0 Å². The minimum Gasteiger partial charge on any atom is -0.485 e. The molecular weight excluding hydrogens is 530 g/mol. The highest BCUT2D eigenvalue weighted by atomic mass is 32.2. The summed E-state index contributed by atoms with van der Waals surface area (Å²) in [5, 5.41) is 10.7. The van der Waals surface area contributed by atoms with Gasteiger partial charge in [-0.05, 0) is 37.3 Å². The van der Waals surface area contributed by atoms with Gasteiger partial charge in [0.05, 0.1) is 24.7 Å². The Labute approximate surface area is 224 Å². The third kappa shape index (κ3) is 6.40. The number of hydrogen-bond acceptors (Lipinski definition) is 11. The zero-order valence-corrected chi connectivity index (χ0v) is 22.3. The fourth-order valence-electron chi connectivity index (χ4n) is 3.73. The highest BCUT2D eigenvalue weighted by molar-refractivity contribution is 7.86. The Morgan fingerprint density at radius 3 is 2.71 bits per heavy atom. The number of oxazole rings is 1. The molecule has 1 atom stereocenters. The molecule has 10 nitrogen and oxygen atoms in total. The van der Waals surface area contributed by atoms with Gasteiger partial charge in [-0.15, -0.1) is 0 Å². The van der Waals surface area contributed by atoms with Gasteiger partial charge in [0.15, 0.2) is 10.7 Å². The second kappa shape index (κ2) is 11.6. The van der Waals surface area contributed by atoms with Crippen molar-refractivity contribution >= 4 is 49.8 Å². The molecule has 0 spiro atoms. The van der Waals surface area contributed by atoms with Gasteiger partial charge in [-0.1, -0.05) is 29.0 Å². The van der Waals surface area contributed by atoms with E-state index in [1.807, 2.05) is 19.2 Å². The fraction of sp³-hybridized carbons (Fsp3) is 0.308. The lowest BCUT2D eigenvalue weighted by Crippen LogP contribution is -2.36. The Morgan fingerprint density at radius 1 is 1.16 bits per heavy atom. The van der Waals surface area contributed by atoms with Gasteiger partial charge in [-0.3, -0.25) is 4.18 Å². The van der Waals surface area contributed by atoms with Crippen LogP contribution in [-0.2, 0) is 19.0 Å². The van der Waals surface area contributed by atoms with Crippen molar-refractivity contribution in [1.29, 1.82) is 0 Å². The maximum absolute atomic E-state index is 12.4. The van der Waals surface area contributed by atoms with E-state index in [0.717, 1.165) is 28.7 Å². The van der Waals surface area contributed by atoms with Crippen LogP contribution in [0.15, 0.2) is 58.0 Å². The summed E-state index contributed by atoms with van der Waals surface area (Å²) in [5.74, 6) is 0.807. The van der Waals surface area contributed by atoms with E-state index in [2.05, 4.69) is 14.9 Å². The second-order valence-corrected chi connectivity index (χ2v) is 11.3. The van der Waals surface area contributed by atoms with Gasteiger partial charge in [0.25, 0.3) is 10.1 Å². The molecule has 1 aliphatic rings. The van der Waals surface area contributed by atoms with Crippen LogP contribution in [0.4, 0.5) is 5.13 Å². The summed E-state index contributed by atoms with van der Waals surface area (Å²) < 4.78 is 47.0. The number of rotatable bonds is 10. The van der Waals surface area contributed by atoms with E-state index in [1.165, 1.54) is 12.1 Å². The molecule has 12 heteroatoms. The predicted octanol–water partition coefficient (Wildman–Crippen LogP) is 3.74. The van der Waals surface area contributed by atoms with Gasteiger partial charge < -0.3 is 23.9 Å². The topological polar surface area (TPSA) is 124 Å². The van der Waals surface area contributed by atoms with Crippen LogP contribution in [0.3, 0.4) is 0 Å². The van der Waals surface area contributed by atoms with E-state index >= 15 is 0 Å². The highest BCUT2D eigenvalue weighted by Gasteiger charge is 2.20. The van der Waals surface area contributed by atoms with E-state index < -0.39 is 22.8 Å². The van der Waals surface area contributed by atoms with Crippen molar-refractivity contribution in [2.24, 2.45) is 0 Å². The van der Waals surface area contributed by atoms with E-state index in [9.17, 15) is 13.5 Å². The van der Waals surface area contributed by atoms with Gasteiger partial charge in [0, 0.05) is 36.3 Å². The summed E-state index contributed by atoms with van der Waals surface area (Å²) in [6.07, 6.45) is 4.59. The number of fused-ring (bicyclic) bond motifs is 1. The summed E-state index contributed by atoms with van der Waals surface area (Å²) in [7, 11) is -3.98. The van der Waals surface area contributed by atoms with Crippen molar-refractivity contribution in [3.8, 4) is 5.75 Å². The Bertz CT molecular complexity index is 1510. The summed E-state index contributed by atoms with van der Waals surface area (Å²) in [5.41, 5.74) is 2.06. The van der Waals surface area contributed by atoms with Gasteiger partial charge in [-0.2, -0.15) is 8.42 Å². The summed E-state index contributed by atoms with van der Waals surface area (Å²) >= 11 is 1.59. The highest BCUT2D eigenvalue weighted by Crippen LogP contribution is 2.27. The molecule has 1 aliphatic heterocycles. The van der Waals surface area contributed by atoms with Crippen molar-refractivity contribution in [2.75, 3.05) is 44.4 Å². The quantitative estimate of drug-likeness (QED) is 0.288. The van der Waals surface area contributed by atoms with Crippen LogP contribution in [0, 0.1) is 6.92 Å². The molecule has 4 aromatic rings. The van der Waals surface area contributed by atoms with Crippen LogP contribution < -0.4 is 9.64 Å². The number of morpholine rings is 1. The summed E-state index contributed by atoms with van der Waals surface area (Å²) in [4.78, 5) is 12.2. The van der Waals surface area contributed by atoms with Crippen molar-refractivity contribution in [3.05, 3.63) is 65.0 Å². The molecule has 38 heavy (non-hydrogen) atoms. The molecular formula is C26H27N3O7S2. The number of thiazole rings is 1. The molecule has 5 rings (SSSR count). The average molecular weight is 558 g/mol. The Hall–Kier alpha value is -3.29. The van der Waals surface area contributed by atoms with E-state index in [-0.39, 0.29) is 11.5 Å². The van der Waals surface area contributed by atoms with E-state index in [1.54, 1.807) is 47.7 Å². The second-order valence-electron chi connectivity index (χ2n) is 8.63. The van der Waals surface area contributed by atoms with Gasteiger partial charge >= 0.3 is 0 Å². The minimum absolute atomic E-state index is 0.0408. The molecule has 0 radical (unpaired) electrons. The number of aromatic nitrogens is 2. The smallest absolute Gasteiger partial charge is 0.297 e. The zero-order chi connectivity index (χ0) is 26.5. The molecule has 0 bridgehead atoms. The largest absolute Gasteiger partial charge is 0.485 e. The molecule has 2 aromatic carbocycles. The Balaban J connectivity index is 1.21. The first-order valence-corrected chi connectivity index (χ1v) is 14.2. The third-order valence-corrected chi connectivity index (χ3v) is 8.10. The first kappa shape index (κ1) is 26.3. The lowest BCUT2D eigenvalue weighted by atomic mass is 10.2. The predicted molar refractivity (Wildman–Crippen MR) is 144 cm³/mol. The zero-order valence-electron chi connectivity index (χ0n) is 20.6. The number of anilines is 1. The van der Waals surface area contributed by atoms with Crippen LogP contribution in [-0.4, -0.2) is 69.1 Å². The van der Waals surface area contributed by atoms with Crippen LogP contribution in [0.1, 0.15) is 16.3 Å². The lowest BCUT2D eigenvalue weighted by Gasteiger charge is -2.25. The van der Waals surface area contributed by atoms with Crippen LogP contribution >= 0.6 is 11.3 Å². The molecule has 0 amide bonds. The molecule has 3 heterocycles. The number of aryl methyl sites for hydroxylation is 1. The molecule has 0 saturated carbocycles. The Kier molecular flexibility index (Phi) is 8.05. The van der Waals surface area contributed by atoms with E-state index in [4.69, 9.17) is 18.1 Å². The van der Waals surface area contributed by atoms with Crippen LogP contribution in [0.5, 0.6) is 5.75 Å². The standard InChI is InChI=1S/C26H27N3O7S2/c1-18-2-6-22(7-3-18)38(31,32)34-17-20(16-30)35-19-4-8-23-24(14-19)36-25(28-23)9-5-21-15-27-26(37-21)29-10-12-33-13-11-29/h2-9,14-15,20,30H,10-13,16-17H2,1H3/b9-5+. The van der Waals surface area contributed by atoms with E-state index in [0.29, 0.717) is 36.0 Å². The first-order chi connectivity index (χ1) is 18.4. The number of nitrogens with zero attached hydrogens (tertiary/aromatic N) is 3. The molecule has 2 aromatic heterocycles. The maximum atomic E-state index is 12.4. The molecule has 1 unspecified atom stereocenters. The molecule has 1 N–H and O–H groups in total. The normalized spacial score (nSPS) is 15.4. The van der Waals surface area contributed by atoms with Crippen molar-refractivity contribution in [3.63, 3.8) is 0 Å². The summed E-state index contributed by atoms with van der Waals surface area (Å²) in [6, 6.07) is 11.4.